The highest BCUT2D eigenvalue weighted by Crippen LogP contribution is 2.48. The molecule has 4 nitrogen and oxygen atoms in total. The Kier molecular flexibility index (Phi) is 8.34. The fourth-order valence-electron chi connectivity index (χ4n) is 3.80. The molecule has 2 aliphatic rings. The average Bonchev–Trinajstić information content (AvgIpc) is 3.42. The fourth-order valence-corrected chi connectivity index (χ4v) is 3.80. The number of piperidine rings is 1. The SMILES string of the molecule is CCNC(=NCC1(c2ccc(F)cc2)CC1)NC1CCN(C(C)C)CC1.I. The van der Waals surface area contributed by atoms with Crippen LogP contribution in [0.25, 0.3) is 0 Å². The third-order valence-corrected chi connectivity index (χ3v) is 5.79. The highest BCUT2D eigenvalue weighted by atomic mass is 127. The minimum atomic E-state index is -0.171. The maximum Gasteiger partial charge on any atom is 0.191 e. The van der Waals surface area contributed by atoms with Crippen LogP contribution < -0.4 is 10.6 Å². The van der Waals surface area contributed by atoms with Gasteiger partial charge in [0.2, 0.25) is 0 Å². The van der Waals surface area contributed by atoms with E-state index in [0.717, 1.165) is 57.8 Å². The van der Waals surface area contributed by atoms with E-state index in [1.54, 1.807) is 12.1 Å². The Morgan fingerprint density at radius 2 is 1.85 bits per heavy atom. The van der Waals surface area contributed by atoms with E-state index < -0.39 is 0 Å². The third kappa shape index (κ3) is 6.04. The zero-order valence-corrected chi connectivity index (χ0v) is 19.1. The van der Waals surface area contributed by atoms with Crippen molar-refractivity contribution >= 4 is 29.9 Å². The molecule has 3 rings (SSSR count). The van der Waals surface area contributed by atoms with Crippen LogP contribution in [0.2, 0.25) is 0 Å². The second-order valence-electron chi connectivity index (χ2n) is 8.03. The number of halogens is 2. The number of aliphatic imine (C=N–C) groups is 1. The molecule has 27 heavy (non-hydrogen) atoms. The minimum absolute atomic E-state index is 0. The van der Waals surface area contributed by atoms with Gasteiger partial charge in [-0.15, -0.1) is 24.0 Å². The molecule has 1 aliphatic carbocycles. The van der Waals surface area contributed by atoms with Crippen LogP contribution in [0.15, 0.2) is 29.3 Å². The second-order valence-corrected chi connectivity index (χ2v) is 8.03. The molecule has 0 amide bonds. The van der Waals surface area contributed by atoms with Crippen LogP contribution in [0.4, 0.5) is 4.39 Å². The van der Waals surface area contributed by atoms with Crippen molar-refractivity contribution in [2.75, 3.05) is 26.2 Å². The molecular weight excluding hydrogens is 454 g/mol. The molecule has 1 aliphatic heterocycles. The maximum absolute atomic E-state index is 13.2. The van der Waals surface area contributed by atoms with Crippen LogP contribution >= 0.6 is 24.0 Å². The first-order valence-corrected chi connectivity index (χ1v) is 10.1. The van der Waals surface area contributed by atoms with Crippen LogP contribution in [0.1, 0.15) is 52.0 Å². The number of hydrogen-bond donors (Lipinski definition) is 2. The van der Waals surface area contributed by atoms with E-state index in [4.69, 9.17) is 4.99 Å². The van der Waals surface area contributed by atoms with Gasteiger partial charge in [-0.25, -0.2) is 4.39 Å². The normalized spacial score (nSPS) is 20.3. The molecule has 152 valence electrons. The zero-order chi connectivity index (χ0) is 18.6. The number of nitrogens with zero attached hydrogens (tertiary/aromatic N) is 2. The van der Waals surface area contributed by atoms with E-state index in [1.807, 2.05) is 12.1 Å². The summed E-state index contributed by atoms with van der Waals surface area (Å²) in [6, 6.07) is 8.07. The van der Waals surface area contributed by atoms with Crippen molar-refractivity contribution in [3.8, 4) is 0 Å². The Morgan fingerprint density at radius 3 is 2.37 bits per heavy atom. The summed E-state index contributed by atoms with van der Waals surface area (Å²) in [5, 5.41) is 7.02. The third-order valence-electron chi connectivity index (χ3n) is 5.79. The molecule has 1 saturated heterocycles. The minimum Gasteiger partial charge on any atom is -0.357 e. The van der Waals surface area contributed by atoms with Crippen molar-refractivity contribution in [3.05, 3.63) is 35.6 Å². The quantitative estimate of drug-likeness (QED) is 0.363. The molecule has 0 radical (unpaired) electrons. The second kappa shape index (κ2) is 10.0. The van der Waals surface area contributed by atoms with Gasteiger partial charge in [0.15, 0.2) is 5.96 Å². The van der Waals surface area contributed by atoms with Crippen LogP contribution in [0.5, 0.6) is 0 Å². The summed E-state index contributed by atoms with van der Waals surface area (Å²) in [5.41, 5.74) is 1.32. The van der Waals surface area contributed by atoms with Crippen LogP contribution in [-0.2, 0) is 5.41 Å². The maximum atomic E-state index is 13.2. The lowest BCUT2D eigenvalue weighted by molar-refractivity contribution is 0.167. The van der Waals surface area contributed by atoms with Crippen molar-refractivity contribution in [1.82, 2.24) is 15.5 Å². The molecule has 1 heterocycles. The molecule has 0 atom stereocenters. The molecule has 2 fully saturated rings. The highest BCUT2D eigenvalue weighted by molar-refractivity contribution is 14.0. The van der Waals surface area contributed by atoms with Gasteiger partial charge in [0.25, 0.3) is 0 Å². The smallest absolute Gasteiger partial charge is 0.191 e. The van der Waals surface area contributed by atoms with Crippen LogP contribution in [0, 0.1) is 5.82 Å². The molecule has 0 bridgehead atoms. The van der Waals surface area contributed by atoms with E-state index >= 15 is 0 Å². The number of hydrogen-bond acceptors (Lipinski definition) is 2. The van der Waals surface area contributed by atoms with Gasteiger partial charge in [-0.1, -0.05) is 12.1 Å². The summed E-state index contributed by atoms with van der Waals surface area (Å²) >= 11 is 0. The Bertz CT molecular complexity index is 605. The topological polar surface area (TPSA) is 39.7 Å². The van der Waals surface area contributed by atoms with Gasteiger partial charge in [0.05, 0.1) is 6.54 Å². The highest BCUT2D eigenvalue weighted by Gasteiger charge is 2.44. The summed E-state index contributed by atoms with van der Waals surface area (Å²) in [6.07, 6.45) is 4.58. The number of guanidine groups is 1. The first kappa shape index (κ1) is 22.4. The van der Waals surface area contributed by atoms with Gasteiger partial charge in [0.1, 0.15) is 5.82 Å². The monoisotopic (exact) mass is 488 g/mol. The van der Waals surface area contributed by atoms with Crippen molar-refractivity contribution in [2.45, 2.75) is 64.0 Å². The number of likely N-dealkylation sites (tertiary alicyclic amines) is 1. The molecule has 1 aromatic rings. The first-order chi connectivity index (χ1) is 12.5. The summed E-state index contributed by atoms with van der Waals surface area (Å²) in [7, 11) is 0. The van der Waals surface area contributed by atoms with Gasteiger partial charge in [0, 0.05) is 37.1 Å². The van der Waals surface area contributed by atoms with E-state index in [9.17, 15) is 4.39 Å². The van der Waals surface area contributed by atoms with Crippen molar-refractivity contribution in [2.24, 2.45) is 4.99 Å². The lowest BCUT2D eigenvalue weighted by Gasteiger charge is -2.35. The Labute approximate surface area is 180 Å². The predicted molar refractivity (Wildman–Crippen MR) is 122 cm³/mol. The van der Waals surface area contributed by atoms with E-state index in [2.05, 4.69) is 36.3 Å². The molecule has 0 unspecified atom stereocenters. The molecule has 2 N–H and O–H groups in total. The first-order valence-electron chi connectivity index (χ1n) is 10.1. The van der Waals surface area contributed by atoms with Gasteiger partial charge >= 0.3 is 0 Å². The van der Waals surface area contributed by atoms with Crippen molar-refractivity contribution in [3.63, 3.8) is 0 Å². The summed E-state index contributed by atoms with van der Waals surface area (Å²) in [4.78, 5) is 7.42. The van der Waals surface area contributed by atoms with Crippen molar-refractivity contribution in [1.29, 1.82) is 0 Å². The Morgan fingerprint density at radius 1 is 1.22 bits per heavy atom. The zero-order valence-electron chi connectivity index (χ0n) is 16.8. The largest absolute Gasteiger partial charge is 0.357 e. The van der Waals surface area contributed by atoms with E-state index in [1.165, 1.54) is 5.56 Å². The summed E-state index contributed by atoms with van der Waals surface area (Å²) in [5.74, 6) is 0.750. The molecule has 1 aromatic carbocycles. The van der Waals surface area contributed by atoms with Crippen LogP contribution in [-0.4, -0.2) is 49.1 Å². The Hall–Kier alpha value is -0.890. The van der Waals surface area contributed by atoms with Crippen LogP contribution in [0.3, 0.4) is 0 Å². The molecule has 6 heteroatoms. The predicted octanol–water partition coefficient (Wildman–Crippen LogP) is 3.90. The summed E-state index contributed by atoms with van der Waals surface area (Å²) < 4.78 is 13.2. The van der Waals surface area contributed by atoms with Gasteiger partial charge in [-0.3, -0.25) is 4.99 Å². The number of nitrogens with one attached hydrogen (secondary N) is 2. The molecule has 0 spiro atoms. The van der Waals surface area contributed by atoms with Gasteiger partial charge in [-0.2, -0.15) is 0 Å². The standard InChI is InChI=1S/C21H33FN4.HI/c1-4-23-20(25-19-9-13-26(14-10-19)16(2)3)24-15-21(11-12-21)17-5-7-18(22)8-6-17;/h5-8,16,19H,4,9-15H2,1-3H3,(H2,23,24,25);1H. The summed E-state index contributed by atoms with van der Waals surface area (Å²) in [6.45, 7) is 10.6. The molecule has 0 aromatic heterocycles. The lowest BCUT2D eigenvalue weighted by Crippen LogP contribution is -2.50. The number of benzene rings is 1. The molecule has 1 saturated carbocycles. The van der Waals surface area contributed by atoms with Gasteiger partial charge in [-0.05, 0) is 64.2 Å². The number of rotatable bonds is 6. The lowest BCUT2D eigenvalue weighted by atomic mass is 9.96. The van der Waals surface area contributed by atoms with E-state index in [0.29, 0.717) is 12.1 Å². The fraction of sp³-hybridized carbons (Fsp3) is 0.667. The Balaban J connectivity index is 0.00000261. The van der Waals surface area contributed by atoms with E-state index in [-0.39, 0.29) is 35.2 Å². The van der Waals surface area contributed by atoms with Crippen molar-refractivity contribution < 1.29 is 4.39 Å². The van der Waals surface area contributed by atoms with Gasteiger partial charge < -0.3 is 15.5 Å². The molecular formula is C21H34FIN4. The average molecular weight is 488 g/mol.